The van der Waals surface area contributed by atoms with Crippen molar-refractivity contribution in [2.75, 3.05) is 11.4 Å². The third-order valence-electron chi connectivity index (χ3n) is 3.21. The standard InChI is InChI=1S/C16H15N3OS/c1-2-19(12-7-4-3-5-8-12)16(20)14-11-13(17-18-14)15-9-6-10-21-15/h3-11H,2H2,1H3,(H,17,18). The Hall–Kier alpha value is -2.40. The number of benzene rings is 1. The number of aromatic nitrogens is 2. The molecule has 0 atom stereocenters. The molecule has 0 saturated carbocycles. The van der Waals surface area contributed by atoms with Crippen LogP contribution in [0.4, 0.5) is 5.69 Å². The minimum absolute atomic E-state index is 0.0947. The Labute approximate surface area is 127 Å². The first-order valence-corrected chi connectivity index (χ1v) is 7.63. The van der Waals surface area contributed by atoms with Gasteiger partial charge in [-0.2, -0.15) is 5.10 Å². The van der Waals surface area contributed by atoms with Crippen LogP contribution in [0.3, 0.4) is 0 Å². The molecule has 0 unspecified atom stereocenters. The maximum absolute atomic E-state index is 12.6. The first-order chi connectivity index (χ1) is 10.3. The number of nitrogens with zero attached hydrogens (tertiary/aromatic N) is 2. The average Bonchev–Trinajstić information content (AvgIpc) is 3.20. The molecule has 0 bridgehead atoms. The van der Waals surface area contributed by atoms with Crippen molar-refractivity contribution in [1.82, 2.24) is 10.2 Å². The Bertz CT molecular complexity index is 719. The van der Waals surface area contributed by atoms with E-state index in [1.54, 1.807) is 22.3 Å². The molecule has 2 aromatic heterocycles. The molecule has 0 saturated heterocycles. The predicted molar refractivity (Wildman–Crippen MR) is 85.7 cm³/mol. The van der Waals surface area contributed by atoms with Crippen LogP contribution in [-0.2, 0) is 0 Å². The fourth-order valence-corrected chi connectivity index (χ4v) is 2.87. The number of rotatable bonds is 4. The lowest BCUT2D eigenvalue weighted by Gasteiger charge is -2.19. The maximum Gasteiger partial charge on any atom is 0.278 e. The number of carbonyl (C=O) groups excluding carboxylic acids is 1. The number of hydrogen-bond donors (Lipinski definition) is 1. The predicted octanol–water partition coefficient (Wildman–Crippen LogP) is 3.80. The number of carbonyl (C=O) groups is 1. The Morgan fingerprint density at radius 2 is 2.05 bits per heavy atom. The number of para-hydroxylation sites is 1. The molecule has 106 valence electrons. The number of aromatic amines is 1. The highest BCUT2D eigenvalue weighted by Gasteiger charge is 2.19. The SMILES string of the molecule is CCN(C(=O)c1cc(-c2cccs2)[nH]n1)c1ccccc1. The van der Waals surface area contributed by atoms with Crippen molar-refractivity contribution < 1.29 is 4.79 Å². The van der Waals surface area contributed by atoms with Gasteiger partial charge < -0.3 is 4.90 Å². The largest absolute Gasteiger partial charge is 0.307 e. The van der Waals surface area contributed by atoms with Gasteiger partial charge in [0.15, 0.2) is 5.69 Å². The van der Waals surface area contributed by atoms with Crippen LogP contribution in [-0.4, -0.2) is 22.6 Å². The zero-order valence-corrected chi connectivity index (χ0v) is 12.4. The fraction of sp³-hybridized carbons (Fsp3) is 0.125. The lowest BCUT2D eigenvalue weighted by Crippen LogP contribution is -2.30. The molecule has 0 fully saturated rings. The van der Waals surface area contributed by atoms with Crippen LogP contribution in [0, 0.1) is 0 Å². The second-order valence-corrected chi connectivity index (χ2v) is 5.48. The quantitative estimate of drug-likeness (QED) is 0.796. The van der Waals surface area contributed by atoms with Crippen molar-refractivity contribution in [2.45, 2.75) is 6.92 Å². The van der Waals surface area contributed by atoms with Gasteiger partial charge >= 0.3 is 0 Å². The van der Waals surface area contributed by atoms with Gasteiger partial charge in [-0.05, 0) is 36.6 Å². The highest BCUT2D eigenvalue weighted by Crippen LogP contribution is 2.24. The molecular weight excluding hydrogens is 282 g/mol. The van der Waals surface area contributed by atoms with Crippen molar-refractivity contribution in [3.8, 4) is 10.6 Å². The number of H-pyrrole nitrogens is 1. The molecule has 4 nitrogen and oxygen atoms in total. The molecule has 1 N–H and O–H groups in total. The summed E-state index contributed by atoms with van der Waals surface area (Å²) in [6.45, 7) is 2.56. The second kappa shape index (κ2) is 5.93. The minimum atomic E-state index is -0.0947. The summed E-state index contributed by atoms with van der Waals surface area (Å²) in [6, 6.07) is 15.4. The Balaban J connectivity index is 1.88. The topological polar surface area (TPSA) is 49.0 Å². The Morgan fingerprint density at radius 1 is 1.24 bits per heavy atom. The summed E-state index contributed by atoms with van der Waals surface area (Å²) in [5, 5.41) is 9.09. The van der Waals surface area contributed by atoms with Gasteiger partial charge in [0.1, 0.15) is 0 Å². The molecule has 2 heterocycles. The van der Waals surface area contributed by atoms with Crippen LogP contribution in [0.1, 0.15) is 17.4 Å². The third kappa shape index (κ3) is 2.73. The lowest BCUT2D eigenvalue weighted by molar-refractivity contribution is 0.0983. The van der Waals surface area contributed by atoms with E-state index >= 15 is 0 Å². The van der Waals surface area contributed by atoms with Crippen LogP contribution in [0.25, 0.3) is 10.6 Å². The number of thiophene rings is 1. The second-order valence-electron chi connectivity index (χ2n) is 4.53. The summed E-state index contributed by atoms with van der Waals surface area (Å²) >= 11 is 1.62. The molecule has 21 heavy (non-hydrogen) atoms. The molecule has 0 spiro atoms. The summed E-state index contributed by atoms with van der Waals surface area (Å²) in [5.41, 5.74) is 2.19. The minimum Gasteiger partial charge on any atom is -0.307 e. The van der Waals surface area contributed by atoms with E-state index in [0.29, 0.717) is 12.2 Å². The van der Waals surface area contributed by atoms with Crippen LogP contribution in [0.2, 0.25) is 0 Å². The molecule has 5 heteroatoms. The number of hydrogen-bond acceptors (Lipinski definition) is 3. The molecule has 1 amide bonds. The Morgan fingerprint density at radius 3 is 2.71 bits per heavy atom. The van der Waals surface area contributed by atoms with Crippen molar-refractivity contribution in [3.63, 3.8) is 0 Å². The smallest absolute Gasteiger partial charge is 0.278 e. The van der Waals surface area contributed by atoms with Crippen LogP contribution in [0.15, 0.2) is 53.9 Å². The third-order valence-corrected chi connectivity index (χ3v) is 4.12. The van der Waals surface area contributed by atoms with Gasteiger partial charge in [-0.3, -0.25) is 9.89 Å². The fourth-order valence-electron chi connectivity index (χ4n) is 2.18. The normalized spacial score (nSPS) is 10.5. The summed E-state index contributed by atoms with van der Waals surface area (Å²) in [5.74, 6) is -0.0947. The van der Waals surface area contributed by atoms with Crippen molar-refractivity contribution in [3.05, 3.63) is 59.6 Å². The average molecular weight is 297 g/mol. The molecule has 3 aromatic rings. The van der Waals surface area contributed by atoms with Crippen LogP contribution in [0.5, 0.6) is 0 Å². The molecule has 3 rings (SSSR count). The zero-order chi connectivity index (χ0) is 14.7. The number of nitrogens with one attached hydrogen (secondary N) is 1. The van der Waals surface area contributed by atoms with Gasteiger partial charge in [0.2, 0.25) is 0 Å². The molecule has 0 aliphatic carbocycles. The first kappa shape index (κ1) is 13.6. The summed E-state index contributed by atoms with van der Waals surface area (Å²) in [6.07, 6.45) is 0. The number of anilines is 1. The van der Waals surface area contributed by atoms with E-state index in [9.17, 15) is 4.79 Å². The van der Waals surface area contributed by atoms with Gasteiger partial charge in [-0.1, -0.05) is 24.3 Å². The highest BCUT2D eigenvalue weighted by molar-refractivity contribution is 7.13. The van der Waals surface area contributed by atoms with E-state index in [-0.39, 0.29) is 5.91 Å². The van der Waals surface area contributed by atoms with E-state index in [0.717, 1.165) is 16.3 Å². The van der Waals surface area contributed by atoms with E-state index in [1.165, 1.54) is 0 Å². The van der Waals surface area contributed by atoms with Crippen molar-refractivity contribution >= 4 is 22.9 Å². The molecule has 1 aromatic carbocycles. The summed E-state index contributed by atoms with van der Waals surface area (Å²) < 4.78 is 0. The molecule has 0 aliphatic rings. The molecular formula is C16H15N3OS. The maximum atomic E-state index is 12.6. The van der Waals surface area contributed by atoms with Crippen LogP contribution >= 0.6 is 11.3 Å². The van der Waals surface area contributed by atoms with Crippen LogP contribution < -0.4 is 4.90 Å². The van der Waals surface area contributed by atoms with Gasteiger partial charge in [-0.15, -0.1) is 11.3 Å². The molecule has 0 radical (unpaired) electrons. The highest BCUT2D eigenvalue weighted by atomic mass is 32.1. The van der Waals surface area contributed by atoms with Crippen molar-refractivity contribution in [1.29, 1.82) is 0 Å². The van der Waals surface area contributed by atoms with Gasteiger partial charge in [0.25, 0.3) is 5.91 Å². The lowest BCUT2D eigenvalue weighted by atomic mass is 10.2. The van der Waals surface area contributed by atoms with Gasteiger partial charge in [-0.25, -0.2) is 0 Å². The Kier molecular flexibility index (Phi) is 3.83. The van der Waals surface area contributed by atoms with Crippen molar-refractivity contribution in [2.24, 2.45) is 0 Å². The molecule has 0 aliphatic heterocycles. The number of amides is 1. The van der Waals surface area contributed by atoms with E-state index in [2.05, 4.69) is 10.2 Å². The van der Waals surface area contributed by atoms with Gasteiger partial charge in [0, 0.05) is 12.2 Å². The summed E-state index contributed by atoms with van der Waals surface area (Å²) in [7, 11) is 0. The van der Waals surface area contributed by atoms with E-state index in [1.807, 2.05) is 54.8 Å². The van der Waals surface area contributed by atoms with E-state index in [4.69, 9.17) is 0 Å². The summed E-state index contributed by atoms with van der Waals surface area (Å²) in [4.78, 5) is 15.4. The van der Waals surface area contributed by atoms with Gasteiger partial charge in [0.05, 0.1) is 10.6 Å². The van der Waals surface area contributed by atoms with E-state index < -0.39 is 0 Å². The monoisotopic (exact) mass is 297 g/mol. The first-order valence-electron chi connectivity index (χ1n) is 6.76. The zero-order valence-electron chi connectivity index (χ0n) is 11.6.